The van der Waals surface area contributed by atoms with Crippen molar-refractivity contribution in [3.8, 4) is 22.5 Å². The number of rotatable bonds is 4. The molecule has 174 valence electrons. The van der Waals surface area contributed by atoms with E-state index >= 15 is 0 Å². The maximum absolute atomic E-state index is 4.99. The first-order valence-corrected chi connectivity index (χ1v) is 13.8. The van der Waals surface area contributed by atoms with E-state index < -0.39 is 0 Å². The van der Waals surface area contributed by atoms with Crippen LogP contribution in [-0.4, -0.2) is 4.98 Å². The van der Waals surface area contributed by atoms with Gasteiger partial charge in [0.2, 0.25) is 0 Å². The first-order valence-electron chi connectivity index (χ1n) is 12.0. The normalized spacial score (nSPS) is 17.7. The molecule has 0 fully saturated rings. The minimum absolute atomic E-state index is 0.245. The third-order valence-electron chi connectivity index (χ3n) is 6.60. The van der Waals surface area contributed by atoms with Crippen LogP contribution in [0.15, 0.2) is 125 Å². The molecule has 2 N–H and O–H groups in total. The van der Waals surface area contributed by atoms with Gasteiger partial charge in [-0.3, -0.25) is 0 Å². The largest absolute Gasteiger partial charge is 0.368 e. The zero-order valence-electron chi connectivity index (χ0n) is 19.4. The molecule has 7 rings (SSSR count). The summed E-state index contributed by atoms with van der Waals surface area (Å²) in [6, 6.07) is 40.8. The molecule has 0 radical (unpaired) electrons. The molecule has 0 bridgehead atoms. The molecular formula is C31H23N3S2. The van der Waals surface area contributed by atoms with Crippen molar-refractivity contribution >= 4 is 34.9 Å². The summed E-state index contributed by atoms with van der Waals surface area (Å²) in [5.74, 6) is 0. The molecule has 0 aliphatic carbocycles. The highest BCUT2D eigenvalue weighted by Crippen LogP contribution is 2.47. The molecule has 0 amide bonds. The second kappa shape index (κ2) is 9.08. The average Bonchev–Trinajstić information content (AvgIpc) is 3.58. The predicted molar refractivity (Wildman–Crippen MR) is 152 cm³/mol. The molecule has 5 aromatic rings. The molecular weight excluding hydrogens is 478 g/mol. The lowest BCUT2D eigenvalue weighted by Crippen LogP contribution is -2.01. The van der Waals surface area contributed by atoms with Crippen LogP contribution < -0.4 is 10.6 Å². The first kappa shape index (κ1) is 21.6. The van der Waals surface area contributed by atoms with Gasteiger partial charge in [0.05, 0.1) is 11.4 Å². The molecule has 0 saturated carbocycles. The van der Waals surface area contributed by atoms with E-state index in [9.17, 15) is 0 Å². The Labute approximate surface area is 219 Å². The van der Waals surface area contributed by atoms with Gasteiger partial charge in [-0.25, -0.2) is 4.98 Å². The molecule has 2 aliphatic rings. The van der Waals surface area contributed by atoms with Crippen LogP contribution in [0.3, 0.4) is 0 Å². The Kier molecular flexibility index (Phi) is 5.45. The number of thioether (sulfide) groups is 2. The number of nitrogens with one attached hydrogen (secondary N) is 2. The Balaban J connectivity index is 1.08. The lowest BCUT2D eigenvalue weighted by Gasteiger charge is -2.13. The van der Waals surface area contributed by atoms with Gasteiger partial charge in [-0.1, -0.05) is 102 Å². The number of aromatic nitrogens is 1. The Morgan fingerprint density at radius 2 is 0.917 bits per heavy atom. The zero-order chi connectivity index (χ0) is 23.9. The molecule has 36 heavy (non-hydrogen) atoms. The van der Waals surface area contributed by atoms with Crippen molar-refractivity contribution < 1.29 is 0 Å². The van der Waals surface area contributed by atoms with Gasteiger partial charge in [-0.05, 0) is 47.5 Å². The van der Waals surface area contributed by atoms with Gasteiger partial charge >= 0.3 is 0 Å². The summed E-state index contributed by atoms with van der Waals surface area (Å²) >= 11 is 3.73. The van der Waals surface area contributed by atoms with Crippen LogP contribution in [0.1, 0.15) is 21.9 Å². The number of nitrogens with zero attached hydrogens (tertiary/aromatic N) is 1. The Morgan fingerprint density at radius 1 is 0.472 bits per heavy atom. The van der Waals surface area contributed by atoms with Crippen molar-refractivity contribution in [2.75, 3.05) is 10.6 Å². The molecule has 0 saturated heterocycles. The Hall–Kier alpha value is -3.67. The highest BCUT2D eigenvalue weighted by molar-refractivity contribution is 8.00. The molecule has 3 heterocycles. The first-order chi connectivity index (χ1) is 17.8. The predicted octanol–water partition coefficient (Wildman–Crippen LogP) is 8.85. The van der Waals surface area contributed by atoms with Crippen molar-refractivity contribution in [1.29, 1.82) is 0 Å². The van der Waals surface area contributed by atoms with Gasteiger partial charge in [0.15, 0.2) is 0 Å². The quantitative estimate of drug-likeness (QED) is 0.257. The summed E-state index contributed by atoms with van der Waals surface area (Å²) in [4.78, 5) is 7.60. The summed E-state index contributed by atoms with van der Waals surface area (Å²) in [5.41, 5.74) is 9.19. The lowest BCUT2D eigenvalue weighted by molar-refractivity contribution is 1.13. The molecule has 0 spiro atoms. The summed E-state index contributed by atoms with van der Waals surface area (Å²) in [6.07, 6.45) is 0. The van der Waals surface area contributed by atoms with Gasteiger partial charge < -0.3 is 10.6 Å². The highest BCUT2D eigenvalue weighted by Gasteiger charge is 2.23. The summed E-state index contributed by atoms with van der Waals surface area (Å²) in [7, 11) is 0. The van der Waals surface area contributed by atoms with Crippen molar-refractivity contribution in [1.82, 2.24) is 4.98 Å². The maximum Gasteiger partial charge on any atom is 0.103 e. The van der Waals surface area contributed by atoms with E-state index in [0.717, 1.165) is 22.5 Å². The average molecular weight is 502 g/mol. The smallest absolute Gasteiger partial charge is 0.103 e. The van der Waals surface area contributed by atoms with E-state index in [4.69, 9.17) is 4.98 Å². The van der Waals surface area contributed by atoms with E-state index in [1.165, 1.54) is 32.3 Å². The van der Waals surface area contributed by atoms with Gasteiger partial charge in [-0.15, -0.1) is 0 Å². The third-order valence-corrected chi connectivity index (χ3v) is 9.08. The lowest BCUT2D eigenvalue weighted by atomic mass is 10.1. The van der Waals surface area contributed by atoms with Crippen LogP contribution in [0.25, 0.3) is 22.5 Å². The fraction of sp³-hybridized carbons (Fsp3) is 0.0645. The Morgan fingerprint density at radius 3 is 1.36 bits per heavy atom. The minimum atomic E-state index is 0.245. The zero-order valence-corrected chi connectivity index (χ0v) is 21.0. The van der Waals surface area contributed by atoms with E-state index in [1.54, 1.807) is 0 Å². The summed E-state index contributed by atoms with van der Waals surface area (Å²) in [5, 5.41) is 7.71. The second-order valence-corrected chi connectivity index (χ2v) is 11.2. The van der Waals surface area contributed by atoms with Crippen LogP contribution >= 0.6 is 23.5 Å². The molecule has 3 nitrogen and oxygen atoms in total. The van der Waals surface area contributed by atoms with Crippen LogP contribution in [0.5, 0.6) is 0 Å². The maximum atomic E-state index is 4.99. The molecule has 4 aromatic carbocycles. The van der Waals surface area contributed by atoms with Gasteiger partial charge in [0.1, 0.15) is 10.7 Å². The van der Waals surface area contributed by atoms with Crippen molar-refractivity contribution in [2.24, 2.45) is 0 Å². The topological polar surface area (TPSA) is 37.0 Å². The number of fused-ring (bicyclic) bond motifs is 2. The van der Waals surface area contributed by atoms with Crippen molar-refractivity contribution in [2.45, 2.75) is 20.5 Å². The molecule has 2 unspecified atom stereocenters. The van der Waals surface area contributed by atoms with Crippen molar-refractivity contribution in [3.63, 3.8) is 0 Å². The summed E-state index contributed by atoms with van der Waals surface area (Å²) in [6.45, 7) is 0. The number of para-hydroxylation sites is 2. The molecule has 2 aliphatic heterocycles. The van der Waals surface area contributed by atoms with E-state index in [-0.39, 0.29) is 10.7 Å². The van der Waals surface area contributed by atoms with Gasteiger partial charge in [-0.2, -0.15) is 0 Å². The van der Waals surface area contributed by atoms with Crippen LogP contribution in [-0.2, 0) is 0 Å². The second-order valence-electron chi connectivity index (χ2n) is 8.93. The van der Waals surface area contributed by atoms with E-state index in [2.05, 4.69) is 126 Å². The third kappa shape index (κ3) is 4.04. The van der Waals surface area contributed by atoms with E-state index in [1.807, 2.05) is 23.5 Å². The number of benzene rings is 4. The summed E-state index contributed by atoms with van der Waals surface area (Å²) < 4.78 is 0. The van der Waals surface area contributed by atoms with Crippen LogP contribution in [0.4, 0.5) is 11.4 Å². The van der Waals surface area contributed by atoms with Crippen LogP contribution in [0, 0.1) is 0 Å². The number of hydrogen-bond acceptors (Lipinski definition) is 5. The fourth-order valence-electron chi connectivity index (χ4n) is 4.69. The minimum Gasteiger partial charge on any atom is -0.368 e. The monoisotopic (exact) mass is 501 g/mol. The Bertz CT molecular complexity index is 1380. The highest BCUT2D eigenvalue weighted by atomic mass is 32.2. The van der Waals surface area contributed by atoms with Gasteiger partial charge in [0.25, 0.3) is 0 Å². The number of hydrogen-bond donors (Lipinski definition) is 2. The fourth-order valence-corrected chi connectivity index (χ4v) is 6.98. The molecule has 2 atom stereocenters. The number of anilines is 2. The molecule has 5 heteroatoms. The molecule has 1 aromatic heterocycles. The van der Waals surface area contributed by atoms with Crippen LogP contribution in [0.2, 0.25) is 0 Å². The standard InChI is InChI=1S/C31H23N3S2/c1-3-10-28-26(6-1)33-30(35-28)22-16-12-20(13-17-22)24-8-5-9-25(32-24)21-14-18-23(19-15-21)31-34-27-7-2-4-11-29(27)36-31/h1-19,30-31,33-34H. The van der Waals surface area contributed by atoms with Gasteiger partial charge in [0, 0.05) is 32.3 Å². The number of pyridine rings is 1. The van der Waals surface area contributed by atoms with E-state index in [0.29, 0.717) is 0 Å². The SMILES string of the molecule is c1cc(-c2ccc(C3Nc4ccccc4S3)cc2)nc(-c2ccc(C3Nc4ccccc4S3)cc2)c1. The van der Waals surface area contributed by atoms with Crippen molar-refractivity contribution in [3.05, 3.63) is 126 Å².